The molecule has 0 aliphatic rings. The number of carbonyl (C=O) groups excluding carboxylic acids is 3. The molecule has 0 aromatic carbocycles. The summed E-state index contributed by atoms with van der Waals surface area (Å²) in [6.07, 6.45) is 44.5. The first-order valence-electron chi connectivity index (χ1n) is 21.5. The van der Waals surface area contributed by atoms with Gasteiger partial charge < -0.3 is 14.2 Å². The molecule has 0 heterocycles. The molecule has 296 valence electrons. The van der Waals surface area contributed by atoms with Crippen molar-refractivity contribution in [3.8, 4) is 0 Å². The molecule has 0 radical (unpaired) electrons. The van der Waals surface area contributed by atoms with Gasteiger partial charge in [0.2, 0.25) is 0 Å². The highest BCUT2D eigenvalue weighted by molar-refractivity contribution is 5.72. The molecule has 0 saturated heterocycles. The van der Waals surface area contributed by atoms with Crippen LogP contribution >= 0.6 is 0 Å². The number of carbonyl (C=O) groups is 3. The minimum atomic E-state index is -0.798. The van der Waals surface area contributed by atoms with E-state index in [9.17, 15) is 14.4 Å². The van der Waals surface area contributed by atoms with Crippen molar-refractivity contribution >= 4 is 17.9 Å². The minimum Gasteiger partial charge on any atom is -0.462 e. The topological polar surface area (TPSA) is 78.9 Å². The summed E-state index contributed by atoms with van der Waals surface area (Å²) >= 11 is 0. The van der Waals surface area contributed by atoms with Crippen molar-refractivity contribution in [3.63, 3.8) is 0 Å². The molecule has 0 aliphatic carbocycles. The lowest BCUT2D eigenvalue weighted by atomic mass is 10.0. The SMILES string of the molecule is CC/C=C\C/C=C\C/C=C\CC(=O)OCC(COC(=O)CCCCCCCCCCCCCCCC)OC(=O)CCCCCCCCCCCC. The van der Waals surface area contributed by atoms with Crippen molar-refractivity contribution in [1.82, 2.24) is 0 Å². The maximum atomic E-state index is 12.6. The Morgan fingerprint density at radius 3 is 1.20 bits per heavy atom. The van der Waals surface area contributed by atoms with Gasteiger partial charge >= 0.3 is 17.9 Å². The molecule has 6 heteroatoms. The summed E-state index contributed by atoms with van der Waals surface area (Å²) in [5.41, 5.74) is 0. The fourth-order valence-electron chi connectivity index (χ4n) is 5.97. The average molecular weight is 717 g/mol. The lowest BCUT2D eigenvalue weighted by molar-refractivity contribution is -0.166. The number of esters is 3. The second kappa shape index (κ2) is 40.4. The minimum absolute atomic E-state index is 0.0956. The summed E-state index contributed by atoms with van der Waals surface area (Å²) in [5, 5.41) is 0. The first-order chi connectivity index (χ1) is 25.0. The number of ether oxygens (including phenoxy) is 3. The van der Waals surface area contributed by atoms with Crippen LogP contribution in [0.25, 0.3) is 0 Å². The van der Waals surface area contributed by atoms with Gasteiger partial charge in [0.25, 0.3) is 0 Å². The van der Waals surface area contributed by atoms with Crippen molar-refractivity contribution in [2.45, 2.75) is 219 Å². The highest BCUT2D eigenvalue weighted by Crippen LogP contribution is 2.15. The van der Waals surface area contributed by atoms with E-state index >= 15 is 0 Å². The van der Waals surface area contributed by atoms with Crippen LogP contribution in [0.2, 0.25) is 0 Å². The molecule has 0 aromatic heterocycles. The molecule has 0 amide bonds. The van der Waals surface area contributed by atoms with Gasteiger partial charge in [-0.25, -0.2) is 0 Å². The Bertz CT molecular complexity index is 876. The van der Waals surface area contributed by atoms with E-state index in [1.165, 1.54) is 116 Å². The molecule has 0 aliphatic heterocycles. The van der Waals surface area contributed by atoms with Gasteiger partial charge in [-0.15, -0.1) is 0 Å². The van der Waals surface area contributed by atoms with Crippen LogP contribution in [-0.2, 0) is 28.6 Å². The van der Waals surface area contributed by atoms with Gasteiger partial charge in [0.15, 0.2) is 6.10 Å². The highest BCUT2D eigenvalue weighted by atomic mass is 16.6. The number of hydrogen-bond donors (Lipinski definition) is 0. The third-order valence-electron chi connectivity index (χ3n) is 9.19. The summed E-state index contributed by atoms with van der Waals surface area (Å²) in [5.74, 6) is -1.03. The maximum Gasteiger partial charge on any atom is 0.309 e. The largest absolute Gasteiger partial charge is 0.462 e. The molecule has 0 fully saturated rings. The normalized spacial score (nSPS) is 12.3. The van der Waals surface area contributed by atoms with Gasteiger partial charge in [-0.2, -0.15) is 0 Å². The molecule has 0 spiro atoms. The Morgan fingerprint density at radius 1 is 0.412 bits per heavy atom. The monoisotopic (exact) mass is 717 g/mol. The zero-order valence-electron chi connectivity index (χ0n) is 33.6. The van der Waals surface area contributed by atoms with Crippen molar-refractivity contribution < 1.29 is 28.6 Å². The second-order valence-corrected chi connectivity index (χ2v) is 14.3. The molecular formula is C45H80O6. The molecule has 0 bridgehead atoms. The van der Waals surface area contributed by atoms with Crippen LogP contribution in [0.1, 0.15) is 213 Å². The summed E-state index contributed by atoms with van der Waals surface area (Å²) < 4.78 is 16.5. The molecule has 1 atom stereocenters. The van der Waals surface area contributed by atoms with Gasteiger partial charge in [-0.3, -0.25) is 14.4 Å². The van der Waals surface area contributed by atoms with Crippen LogP contribution in [0.4, 0.5) is 0 Å². The summed E-state index contributed by atoms with van der Waals surface area (Å²) in [6.45, 7) is 6.40. The highest BCUT2D eigenvalue weighted by Gasteiger charge is 2.19. The predicted octanol–water partition coefficient (Wildman–Crippen LogP) is 13.4. The molecule has 0 aromatic rings. The molecule has 0 rings (SSSR count). The molecule has 1 unspecified atom stereocenters. The van der Waals surface area contributed by atoms with E-state index in [2.05, 4.69) is 45.1 Å². The predicted molar refractivity (Wildman–Crippen MR) is 215 cm³/mol. The third kappa shape index (κ3) is 38.7. The zero-order chi connectivity index (χ0) is 37.3. The van der Waals surface area contributed by atoms with Gasteiger partial charge in [0, 0.05) is 12.8 Å². The van der Waals surface area contributed by atoms with Crippen LogP contribution in [0.5, 0.6) is 0 Å². The molecule has 0 saturated carbocycles. The first kappa shape index (κ1) is 48.6. The average Bonchev–Trinajstić information content (AvgIpc) is 3.12. The fraction of sp³-hybridized carbons (Fsp3) is 0.800. The van der Waals surface area contributed by atoms with E-state index in [4.69, 9.17) is 14.2 Å². The Balaban J connectivity index is 4.38. The first-order valence-corrected chi connectivity index (χ1v) is 21.5. The van der Waals surface area contributed by atoms with Gasteiger partial charge in [0.05, 0.1) is 6.42 Å². The Kier molecular flexibility index (Phi) is 38.5. The van der Waals surface area contributed by atoms with Crippen LogP contribution in [-0.4, -0.2) is 37.2 Å². The molecule has 0 N–H and O–H groups in total. The fourth-order valence-corrected chi connectivity index (χ4v) is 5.97. The molecular weight excluding hydrogens is 636 g/mol. The maximum absolute atomic E-state index is 12.6. The second-order valence-electron chi connectivity index (χ2n) is 14.3. The quantitative estimate of drug-likeness (QED) is 0.0274. The third-order valence-corrected chi connectivity index (χ3v) is 9.19. The van der Waals surface area contributed by atoms with Crippen LogP contribution < -0.4 is 0 Å². The van der Waals surface area contributed by atoms with E-state index in [1.807, 2.05) is 6.08 Å². The van der Waals surface area contributed by atoms with Gasteiger partial charge in [-0.1, -0.05) is 198 Å². The number of rotatable bonds is 38. The van der Waals surface area contributed by atoms with Gasteiger partial charge in [-0.05, 0) is 32.1 Å². The Hall–Kier alpha value is -2.37. The molecule has 51 heavy (non-hydrogen) atoms. The standard InChI is InChI=1S/C45H80O6/c1-4-7-10-13-16-19-21-22-23-24-27-29-32-35-38-44(47)50-41-42(40-49-43(46)37-34-31-28-25-18-15-12-9-6-3)51-45(48)39-36-33-30-26-20-17-14-11-8-5-2/h9,12,18,25,31,34,42H,4-8,10-11,13-17,19-24,26-30,32-33,35-41H2,1-3H3/b12-9-,25-18-,34-31-. The van der Waals surface area contributed by atoms with E-state index in [1.54, 1.807) is 6.08 Å². The van der Waals surface area contributed by atoms with Crippen LogP contribution in [0, 0.1) is 0 Å². The Morgan fingerprint density at radius 2 is 0.765 bits per heavy atom. The van der Waals surface area contributed by atoms with Crippen molar-refractivity contribution in [3.05, 3.63) is 36.5 Å². The van der Waals surface area contributed by atoms with E-state index in [0.717, 1.165) is 57.8 Å². The number of allylic oxidation sites excluding steroid dienone is 5. The summed E-state index contributed by atoms with van der Waals surface area (Å²) in [7, 11) is 0. The van der Waals surface area contributed by atoms with Crippen LogP contribution in [0.3, 0.4) is 0 Å². The summed E-state index contributed by atoms with van der Waals surface area (Å²) in [4.78, 5) is 37.5. The lowest BCUT2D eigenvalue weighted by Gasteiger charge is -2.18. The van der Waals surface area contributed by atoms with Gasteiger partial charge in [0.1, 0.15) is 13.2 Å². The number of unbranched alkanes of at least 4 members (excludes halogenated alkanes) is 22. The van der Waals surface area contributed by atoms with E-state index in [-0.39, 0.29) is 31.6 Å². The smallest absolute Gasteiger partial charge is 0.309 e. The van der Waals surface area contributed by atoms with Crippen molar-refractivity contribution in [1.29, 1.82) is 0 Å². The van der Waals surface area contributed by atoms with Crippen molar-refractivity contribution in [2.75, 3.05) is 13.2 Å². The molecule has 6 nitrogen and oxygen atoms in total. The van der Waals surface area contributed by atoms with E-state index < -0.39 is 12.1 Å². The summed E-state index contributed by atoms with van der Waals surface area (Å²) in [6, 6.07) is 0. The number of hydrogen-bond acceptors (Lipinski definition) is 6. The van der Waals surface area contributed by atoms with Crippen molar-refractivity contribution in [2.24, 2.45) is 0 Å². The Labute approximate surface area is 315 Å². The van der Waals surface area contributed by atoms with E-state index in [0.29, 0.717) is 12.8 Å². The van der Waals surface area contributed by atoms with Crippen LogP contribution in [0.15, 0.2) is 36.5 Å². The zero-order valence-corrected chi connectivity index (χ0v) is 33.6. The lowest BCUT2D eigenvalue weighted by Crippen LogP contribution is -2.30.